The van der Waals surface area contributed by atoms with E-state index in [-0.39, 0.29) is 23.7 Å². The van der Waals surface area contributed by atoms with Gasteiger partial charge >= 0.3 is 6.18 Å². The van der Waals surface area contributed by atoms with E-state index >= 15 is 0 Å². The van der Waals surface area contributed by atoms with Gasteiger partial charge in [-0.25, -0.2) is 13.8 Å². The number of hydrogen-bond donors (Lipinski definition) is 2. The monoisotopic (exact) mass is 446 g/mol. The first kappa shape index (κ1) is 22.1. The topological polar surface area (TPSA) is 69.9 Å². The number of alkyl halides is 3. The maximum absolute atomic E-state index is 14.5. The molecule has 30 heavy (non-hydrogen) atoms. The molecule has 0 saturated heterocycles. The minimum absolute atomic E-state index is 0.0531. The number of rotatable bonds is 3. The summed E-state index contributed by atoms with van der Waals surface area (Å²) in [7, 11) is 0. The van der Waals surface area contributed by atoms with Gasteiger partial charge in [0, 0.05) is 5.56 Å². The molecular formula is C19H16ClF5N4O. The quantitative estimate of drug-likeness (QED) is 0.684. The van der Waals surface area contributed by atoms with Crippen molar-refractivity contribution in [3.63, 3.8) is 0 Å². The molecule has 5 nitrogen and oxygen atoms in total. The second-order valence-corrected chi connectivity index (χ2v) is 7.01. The zero-order valence-corrected chi connectivity index (χ0v) is 16.5. The van der Waals surface area contributed by atoms with Crippen LogP contribution in [0.4, 0.5) is 27.6 Å². The van der Waals surface area contributed by atoms with Crippen molar-refractivity contribution in [2.24, 2.45) is 9.98 Å². The van der Waals surface area contributed by atoms with Gasteiger partial charge in [-0.3, -0.25) is 9.98 Å². The molecule has 0 saturated carbocycles. The number of pyridine rings is 1. The molecule has 2 unspecified atom stereocenters. The Morgan fingerprint density at radius 2 is 1.87 bits per heavy atom. The maximum Gasteiger partial charge on any atom is 0.434 e. The van der Waals surface area contributed by atoms with E-state index in [0.29, 0.717) is 0 Å². The van der Waals surface area contributed by atoms with Crippen LogP contribution < -0.4 is 5.32 Å². The SMILES string of the molecule is CC(CO)N=C1Nc2cnc(C(F)(F)F)c(Cl)c2C(c2c(F)cccc2F)=NC1C. The third kappa shape index (κ3) is 4.15. The lowest BCUT2D eigenvalue weighted by Gasteiger charge is -2.17. The van der Waals surface area contributed by atoms with E-state index in [1.54, 1.807) is 6.92 Å². The highest BCUT2D eigenvalue weighted by Gasteiger charge is 2.39. The van der Waals surface area contributed by atoms with Gasteiger partial charge in [-0.1, -0.05) is 17.7 Å². The van der Waals surface area contributed by atoms with Crippen LogP contribution in [0.3, 0.4) is 0 Å². The third-order valence-electron chi connectivity index (χ3n) is 4.33. The molecule has 2 heterocycles. The highest BCUT2D eigenvalue weighted by molar-refractivity contribution is 6.37. The maximum atomic E-state index is 14.5. The molecule has 1 aliphatic rings. The summed E-state index contributed by atoms with van der Waals surface area (Å²) in [6.07, 6.45) is -4.04. The van der Waals surface area contributed by atoms with E-state index in [1.165, 1.54) is 6.92 Å². The Bertz CT molecular complexity index is 1020. The van der Waals surface area contributed by atoms with Crippen molar-refractivity contribution in [2.45, 2.75) is 32.1 Å². The number of aliphatic imine (C=N–C) groups is 2. The van der Waals surface area contributed by atoms with Crippen molar-refractivity contribution < 1.29 is 27.1 Å². The number of amidine groups is 1. The van der Waals surface area contributed by atoms with Crippen LogP contribution in [0, 0.1) is 11.6 Å². The van der Waals surface area contributed by atoms with E-state index in [2.05, 4.69) is 20.3 Å². The molecule has 2 N–H and O–H groups in total. The number of aromatic nitrogens is 1. The molecule has 0 amide bonds. The first-order chi connectivity index (χ1) is 14.0. The summed E-state index contributed by atoms with van der Waals surface area (Å²) in [6, 6.07) is 1.65. The van der Waals surface area contributed by atoms with Crippen molar-refractivity contribution in [3.05, 3.63) is 57.9 Å². The number of aliphatic hydroxyl groups is 1. The molecular weight excluding hydrogens is 431 g/mol. The van der Waals surface area contributed by atoms with Gasteiger partial charge in [0.25, 0.3) is 0 Å². The van der Waals surface area contributed by atoms with Crippen LogP contribution in [-0.4, -0.2) is 40.3 Å². The predicted molar refractivity (Wildman–Crippen MR) is 103 cm³/mol. The lowest BCUT2D eigenvalue weighted by molar-refractivity contribution is -0.141. The van der Waals surface area contributed by atoms with Crippen LogP contribution in [-0.2, 0) is 6.18 Å². The number of halogens is 6. The van der Waals surface area contributed by atoms with Crippen LogP contribution in [0.1, 0.15) is 30.7 Å². The highest BCUT2D eigenvalue weighted by Crippen LogP contribution is 2.39. The molecule has 1 aromatic carbocycles. The molecule has 0 aliphatic carbocycles. The molecule has 1 aromatic heterocycles. The minimum Gasteiger partial charge on any atom is -0.394 e. The number of nitrogens with zero attached hydrogens (tertiary/aromatic N) is 3. The summed E-state index contributed by atoms with van der Waals surface area (Å²) in [4.78, 5) is 11.9. The Balaban J connectivity index is 2.36. The third-order valence-corrected chi connectivity index (χ3v) is 4.70. The molecule has 2 atom stereocenters. The summed E-state index contributed by atoms with van der Waals surface area (Å²) in [6.45, 7) is 2.84. The Labute approximate surface area is 173 Å². The Hall–Kier alpha value is -2.59. The fourth-order valence-corrected chi connectivity index (χ4v) is 3.25. The van der Waals surface area contributed by atoms with Gasteiger partial charge in [-0.2, -0.15) is 13.2 Å². The van der Waals surface area contributed by atoms with Crippen LogP contribution in [0.15, 0.2) is 34.4 Å². The van der Waals surface area contributed by atoms with E-state index in [0.717, 1.165) is 24.4 Å². The van der Waals surface area contributed by atoms with Gasteiger partial charge in [-0.05, 0) is 26.0 Å². The zero-order chi connectivity index (χ0) is 22.2. The lowest BCUT2D eigenvalue weighted by atomic mass is 9.99. The number of anilines is 1. The molecule has 160 valence electrons. The molecule has 3 rings (SSSR count). The van der Waals surface area contributed by atoms with E-state index in [9.17, 15) is 27.1 Å². The highest BCUT2D eigenvalue weighted by atomic mass is 35.5. The van der Waals surface area contributed by atoms with Gasteiger partial charge in [0.15, 0.2) is 5.69 Å². The van der Waals surface area contributed by atoms with E-state index in [1.807, 2.05) is 0 Å². The minimum atomic E-state index is -4.90. The fraction of sp³-hybridized carbons (Fsp3) is 0.316. The molecule has 1 aliphatic heterocycles. The number of benzene rings is 1. The van der Waals surface area contributed by atoms with Crippen molar-refractivity contribution >= 4 is 28.8 Å². The predicted octanol–water partition coefficient (Wildman–Crippen LogP) is 4.46. The average Bonchev–Trinajstić information content (AvgIpc) is 2.78. The number of nitrogens with one attached hydrogen (secondary N) is 1. The van der Waals surface area contributed by atoms with Crippen LogP contribution in [0.25, 0.3) is 0 Å². The number of fused-ring (bicyclic) bond motifs is 1. The fourth-order valence-electron chi connectivity index (χ4n) is 2.90. The van der Waals surface area contributed by atoms with Gasteiger partial charge in [-0.15, -0.1) is 0 Å². The van der Waals surface area contributed by atoms with E-state index < -0.39 is 51.9 Å². The first-order valence-corrected chi connectivity index (χ1v) is 9.16. The Kier molecular flexibility index (Phi) is 6.09. The summed E-state index contributed by atoms with van der Waals surface area (Å²) in [5, 5.41) is 11.2. The van der Waals surface area contributed by atoms with Gasteiger partial charge in [0.2, 0.25) is 0 Å². The molecule has 0 fully saturated rings. The normalized spacial score (nSPS) is 19.0. The number of aliphatic hydroxyl groups excluding tert-OH is 1. The van der Waals surface area contributed by atoms with Crippen LogP contribution in [0.5, 0.6) is 0 Å². The lowest BCUT2D eigenvalue weighted by Crippen LogP contribution is -2.26. The summed E-state index contributed by atoms with van der Waals surface area (Å²) in [5.41, 5.74) is -2.84. The number of hydrogen-bond acceptors (Lipinski definition) is 4. The summed E-state index contributed by atoms with van der Waals surface area (Å²) < 4.78 is 69.2. The summed E-state index contributed by atoms with van der Waals surface area (Å²) >= 11 is 6.03. The molecule has 2 aromatic rings. The average molecular weight is 447 g/mol. The van der Waals surface area contributed by atoms with Crippen LogP contribution in [0.2, 0.25) is 5.02 Å². The van der Waals surface area contributed by atoms with Crippen molar-refractivity contribution in [1.29, 1.82) is 0 Å². The van der Waals surface area contributed by atoms with Gasteiger partial charge in [0.1, 0.15) is 23.5 Å². The van der Waals surface area contributed by atoms with Crippen molar-refractivity contribution in [3.8, 4) is 0 Å². The standard InChI is InChI=1S/C19H16ClF5N4O/c1-8(7-30)27-18-9(2)28-16(13-10(21)4-3-5-11(13)22)14-12(29-18)6-26-17(15(14)20)19(23,24)25/h3-6,8-9,30H,7H2,1-2H3,(H,27,29). The van der Waals surface area contributed by atoms with E-state index in [4.69, 9.17) is 11.6 Å². The first-order valence-electron chi connectivity index (χ1n) is 8.78. The smallest absolute Gasteiger partial charge is 0.394 e. The van der Waals surface area contributed by atoms with Crippen molar-refractivity contribution in [2.75, 3.05) is 11.9 Å². The van der Waals surface area contributed by atoms with Gasteiger partial charge < -0.3 is 10.4 Å². The molecule has 0 spiro atoms. The van der Waals surface area contributed by atoms with Gasteiger partial charge in [0.05, 0.1) is 40.8 Å². The molecule has 0 bridgehead atoms. The second-order valence-electron chi connectivity index (χ2n) is 6.63. The zero-order valence-electron chi connectivity index (χ0n) is 15.7. The second kappa shape index (κ2) is 8.27. The van der Waals surface area contributed by atoms with Crippen LogP contribution >= 0.6 is 11.6 Å². The molecule has 11 heteroatoms. The largest absolute Gasteiger partial charge is 0.434 e. The summed E-state index contributed by atoms with van der Waals surface area (Å²) in [5.74, 6) is -1.86. The Morgan fingerprint density at radius 1 is 1.23 bits per heavy atom. The van der Waals surface area contributed by atoms with Crippen molar-refractivity contribution in [1.82, 2.24) is 4.98 Å². The Morgan fingerprint density at radius 3 is 2.43 bits per heavy atom. The molecule has 0 radical (unpaired) electrons.